The summed E-state index contributed by atoms with van der Waals surface area (Å²) in [5, 5.41) is 16.8. The summed E-state index contributed by atoms with van der Waals surface area (Å²) in [5.41, 5.74) is 0.544. The highest BCUT2D eigenvalue weighted by Gasteiger charge is 2.16. The highest BCUT2D eigenvalue weighted by Crippen LogP contribution is 2.20. The lowest BCUT2D eigenvalue weighted by Gasteiger charge is -2.03. The van der Waals surface area contributed by atoms with Crippen LogP contribution in [0.1, 0.15) is 12.7 Å². The third kappa shape index (κ3) is 2.60. The minimum atomic E-state index is -1.05. The summed E-state index contributed by atoms with van der Waals surface area (Å²) in [6.07, 6.45) is 4.44. The van der Waals surface area contributed by atoms with Gasteiger partial charge in [-0.25, -0.2) is 4.79 Å². The van der Waals surface area contributed by atoms with Crippen molar-refractivity contribution in [2.24, 2.45) is 0 Å². The van der Waals surface area contributed by atoms with Gasteiger partial charge in [0.2, 0.25) is 0 Å². The molecule has 0 saturated carbocycles. The monoisotopic (exact) mass is 237 g/mol. The second-order valence-electron chi connectivity index (χ2n) is 2.82. The minimum Gasteiger partial charge on any atom is -0.478 e. The number of carboxylic acids is 1. The second-order valence-corrected chi connectivity index (χ2v) is 3.24. The third-order valence-corrected chi connectivity index (χ3v) is 2.03. The molecule has 1 rings (SSSR count). The predicted octanol–water partition coefficient (Wildman–Crippen LogP) is 1.69. The molecule has 0 amide bonds. The van der Waals surface area contributed by atoms with E-state index in [0.717, 1.165) is 0 Å². The van der Waals surface area contributed by atoms with Gasteiger partial charge in [-0.15, -0.1) is 22.8 Å². The molecule has 5 nitrogen and oxygen atoms in total. The molecule has 1 aromatic rings. The molecule has 1 heterocycles. The molecule has 16 heavy (non-hydrogen) atoms. The fraction of sp³-hybridized carbons (Fsp3) is 0.100. The van der Waals surface area contributed by atoms with E-state index < -0.39 is 5.97 Å². The van der Waals surface area contributed by atoms with Gasteiger partial charge in [0.15, 0.2) is 11.0 Å². The largest absolute Gasteiger partial charge is 0.478 e. The molecular formula is C10H11N3O2S. The number of aliphatic carboxylic acids is 1. The number of aromatic nitrogens is 3. The van der Waals surface area contributed by atoms with Crippen LogP contribution in [0.15, 0.2) is 35.5 Å². The van der Waals surface area contributed by atoms with E-state index in [2.05, 4.69) is 34.4 Å². The zero-order valence-electron chi connectivity index (χ0n) is 8.64. The van der Waals surface area contributed by atoms with Crippen LogP contribution in [0.3, 0.4) is 0 Å². The minimum absolute atomic E-state index is 0.0991. The Morgan fingerprint density at radius 3 is 2.62 bits per heavy atom. The molecule has 0 aliphatic carbocycles. The maximum absolute atomic E-state index is 11.0. The highest BCUT2D eigenvalue weighted by atomic mass is 32.1. The van der Waals surface area contributed by atoms with Crippen LogP contribution >= 0.6 is 12.6 Å². The summed E-state index contributed by atoms with van der Waals surface area (Å²) in [5.74, 6) is -0.687. The molecule has 0 aliphatic heterocycles. The van der Waals surface area contributed by atoms with E-state index in [-0.39, 0.29) is 5.57 Å². The lowest BCUT2D eigenvalue weighted by Crippen LogP contribution is -2.04. The van der Waals surface area contributed by atoms with Gasteiger partial charge < -0.3 is 10.1 Å². The molecule has 84 valence electrons. The van der Waals surface area contributed by atoms with Crippen LogP contribution < -0.4 is 0 Å². The Morgan fingerprint density at radius 1 is 1.56 bits per heavy atom. The fourth-order valence-electron chi connectivity index (χ4n) is 1.19. The SMILES string of the molecule is C=C/C=C(C(=O)O)\C(=C/C)c1nnc(S)[nH]1. The Balaban J connectivity index is 3.21. The quantitative estimate of drug-likeness (QED) is 0.423. The van der Waals surface area contributed by atoms with E-state index in [0.29, 0.717) is 16.6 Å². The van der Waals surface area contributed by atoms with Gasteiger partial charge in [0.25, 0.3) is 0 Å². The van der Waals surface area contributed by atoms with E-state index in [1.54, 1.807) is 13.0 Å². The molecule has 0 spiro atoms. The average molecular weight is 237 g/mol. The van der Waals surface area contributed by atoms with Gasteiger partial charge in [-0.1, -0.05) is 18.7 Å². The first-order valence-electron chi connectivity index (χ1n) is 4.44. The van der Waals surface area contributed by atoms with Crippen molar-refractivity contribution in [3.8, 4) is 0 Å². The van der Waals surface area contributed by atoms with Crippen molar-refractivity contribution >= 4 is 24.2 Å². The lowest BCUT2D eigenvalue weighted by molar-refractivity contribution is -0.132. The van der Waals surface area contributed by atoms with E-state index in [1.807, 2.05) is 0 Å². The molecule has 0 saturated heterocycles. The van der Waals surface area contributed by atoms with Crippen LogP contribution in [0.5, 0.6) is 0 Å². The normalized spacial score (nSPS) is 12.6. The van der Waals surface area contributed by atoms with Gasteiger partial charge in [-0.05, 0) is 13.0 Å². The standard InChI is InChI=1S/C10H11N3O2S/c1-3-5-7(9(14)15)6(4-2)8-11-10(16)13-12-8/h3-5H,1H2,2H3,(H,14,15)(H2,11,12,13,16)/b6-4+,7-5+. The summed E-state index contributed by atoms with van der Waals surface area (Å²) in [7, 11) is 0. The molecule has 2 N–H and O–H groups in total. The molecule has 0 unspecified atom stereocenters. The first kappa shape index (κ1) is 12.3. The number of allylic oxidation sites excluding steroid dienone is 3. The van der Waals surface area contributed by atoms with Crippen molar-refractivity contribution in [1.29, 1.82) is 0 Å². The van der Waals surface area contributed by atoms with Crippen molar-refractivity contribution in [1.82, 2.24) is 15.2 Å². The Bertz CT molecular complexity index is 474. The zero-order chi connectivity index (χ0) is 12.1. The van der Waals surface area contributed by atoms with Crippen LogP contribution in [-0.2, 0) is 4.79 Å². The summed E-state index contributed by atoms with van der Waals surface area (Å²) in [4.78, 5) is 13.8. The number of aromatic amines is 1. The second kappa shape index (κ2) is 5.32. The number of H-pyrrole nitrogens is 1. The van der Waals surface area contributed by atoms with Crippen molar-refractivity contribution in [2.45, 2.75) is 12.1 Å². The average Bonchev–Trinajstić information content (AvgIpc) is 2.64. The number of carbonyl (C=O) groups is 1. The number of rotatable bonds is 4. The maximum Gasteiger partial charge on any atom is 0.336 e. The Morgan fingerprint density at radius 2 is 2.25 bits per heavy atom. The van der Waals surface area contributed by atoms with Gasteiger partial charge in [-0.3, -0.25) is 0 Å². The first-order chi connectivity index (χ1) is 7.60. The Labute approximate surface area is 98.0 Å². The zero-order valence-corrected chi connectivity index (χ0v) is 9.53. The Kier molecular flexibility index (Phi) is 4.07. The van der Waals surface area contributed by atoms with Crippen molar-refractivity contribution in [2.75, 3.05) is 0 Å². The van der Waals surface area contributed by atoms with E-state index >= 15 is 0 Å². The number of carboxylic acid groups (broad SMARTS) is 1. The number of thiol groups is 1. The molecule has 0 bridgehead atoms. The molecule has 1 aromatic heterocycles. The van der Waals surface area contributed by atoms with Crippen LogP contribution in [0, 0.1) is 0 Å². The molecule has 0 aromatic carbocycles. The van der Waals surface area contributed by atoms with Gasteiger partial charge in [0.05, 0.1) is 5.57 Å². The summed E-state index contributed by atoms with van der Waals surface area (Å²) < 4.78 is 0. The summed E-state index contributed by atoms with van der Waals surface area (Å²) >= 11 is 3.97. The van der Waals surface area contributed by atoms with Crippen molar-refractivity contribution in [3.05, 3.63) is 36.2 Å². The molecule has 0 radical (unpaired) electrons. The van der Waals surface area contributed by atoms with Crippen molar-refractivity contribution < 1.29 is 9.90 Å². The number of nitrogens with zero attached hydrogens (tertiary/aromatic N) is 2. The molecule has 0 atom stereocenters. The molecule has 0 aliphatic rings. The van der Waals surface area contributed by atoms with Crippen LogP contribution in [0.2, 0.25) is 0 Å². The van der Waals surface area contributed by atoms with Gasteiger partial charge in [0.1, 0.15) is 0 Å². The van der Waals surface area contributed by atoms with Gasteiger partial charge in [-0.2, -0.15) is 0 Å². The first-order valence-corrected chi connectivity index (χ1v) is 4.89. The molecule has 6 heteroatoms. The summed E-state index contributed by atoms with van der Waals surface area (Å²) in [6, 6.07) is 0. The third-order valence-electron chi connectivity index (χ3n) is 1.82. The lowest BCUT2D eigenvalue weighted by atomic mass is 10.1. The molecule has 0 fully saturated rings. The smallest absolute Gasteiger partial charge is 0.336 e. The Hall–Kier alpha value is -1.82. The fourth-order valence-corrected chi connectivity index (χ4v) is 1.34. The number of nitrogens with one attached hydrogen (secondary N) is 1. The highest BCUT2D eigenvalue weighted by molar-refractivity contribution is 7.80. The van der Waals surface area contributed by atoms with Crippen molar-refractivity contribution in [3.63, 3.8) is 0 Å². The topological polar surface area (TPSA) is 78.9 Å². The van der Waals surface area contributed by atoms with E-state index in [1.165, 1.54) is 12.2 Å². The predicted molar refractivity (Wildman–Crippen MR) is 63.2 cm³/mol. The van der Waals surface area contributed by atoms with Crippen LogP contribution in [0.25, 0.3) is 5.57 Å². The molecular weight excluding hydrogens is 226 g/mol. The number of hydrogen-bond donors (Lipinski definition) is 3. The van der Waals surface area contributed by atoms with Crippen LogP contribution in [0.4, 0.5) is 0 Å². The van der Waals surface area contributed by atoms with Gasteiger partial charge in [0, 0.05) is 5.57 Å². The maximum atomic E-state index is 11.0. The van der Waals surface area contributed by atoms with Gasteiger partial charge >= 0.3 is 5.97 Å². The van der Waals surface area contributed by atoms with E-state index in [9.17, 15) is 4.79 Å². The summed E-state index contributed by atoms with van der Waals surface area (Å²) in [6.45, 7) is 5.19. The van der Waals surface area contributed by atoms with Crippen LogP contribution in [-0.4, -0.2) is 26.3 Å². The van der Waals surface area contributed by atoms with E-state index in [4.69, 9.17) is 5.11 Å². The number of hydrogen-bond acceptors (Lipinski definition) is 4.